The minimum atomic E-state index is 0.339. The molecule has 0 radical (unpaired) electrons. The maximum Gasteiger partial charge on any atom is 0.281 e. The molecule has 2 rings (SSSR count). The molecule has 102 valence electrons. The van der Waals surface area contributed by atoms with E-state index in [1.165, 1.54) is 17.3 Å². The minimum Gasteiger partial charge on any atom is -0.416 e. The molecule has 0 aliphatic heterocycles. The zero-order chi connectivity index (χ0) is 13.8. The van der Waals surface area contributed by atoms with Crippen LogP contribution in [0.1, 0.15) is 31.3 Å². The second-order valence-electron chi connectivity index (χ2n) is 4.16. The third-order valence-electron chi connectivity index (χ3n) is 2.67. The molecule has 4 nitrogen and oxygen atoms in total. The maximum absolute atomic E-state index is 5.37. The van der Waals surface area contributed by atoms with E-state index in [1.807, 2.05) is 0 Å². The van der Waals surface area contributed by atoms with E-state index in [9.17, 15) is 0 Å². The van der Waals surface area contributed by atoms with E-state index in [0.717, 1.165) is 15.9 Å². The Balaban J connectivity index is 2.15. The van der Waals surface area contributed by atoms with Gasteiger partial charge < -0.3 is 9.73 Å². The summed E-state index contributed by atoms with van der Waals surface area (Å²) in [7, 11) is 0. The first-order valence-corrected chi connectivity index (χ1v) is 7.72. The summed E-state index contributed by atoms with van der Waals surface area (Å²) < 4.78 is 6.40. The average molecular weight is 342 g/mol. The van der Waals surface area contributed by atoms with Gasteiger partial charge >= 0.3 is 0 Å². The summed E-state index contributed by atoms with van der Waals surface area (Å²) in [5, 5.41) is 11.8. The van der Waals surface area contributed by atoms with Crippen molar-refractivity contribution in [3.05, 3.63) is 34.1 Å². The predicted octanol–water partition coefficient (Wildman–Crippen LogP) is 3.96. The first-order chi connectivity index (χ1) is 9.10. The molecule has 0 fully saturated rings. The first kappa shape index (κ1) is 14.6. The standard InChI is InChI=1S/C13H16BrN3OS/c1-4-15-8(2)10-5-6-12(11(14)7-10)19-13-17-16-9(3)18-13/h5-8,15H,4H2,1-3H3. The smallest absolute Gasteiger partial charge is 0.281 e. The Morgan fingerprint density at radius 2 is 2.21 bits per heavy atom. The van der Waals surface area contributed by atoms with Gasteiger partial charge in [0.1, 0.15) is 0 Å². The predicted molar refractivity (Wildman–Crippen MR) is 79.4 cm³/mol. The molecule has 0 aliphatic rings. The molecule has 2 aromatic rings. The Bertz CT molecular complexity index is 559. The van der Waals surface area contributed by atoms with E-state index < -0.39 is 0 Å². The van der Waals surface area contributed by atoms with E-state index in [1.54, 1.807) is 6.92 Å². The summed E-state index contributed by atoms with van der Waals surface area (Å²) in [5.74, 6) is 0.580. The molecule has 1 aromatic carbocycles. The van der Waals surface area contributed by atoms with Gasteiger partial charge in [0.15, 0.2) is 0 Å². The van der Waals surface area contributed by atoms with Crippen LogP contribution in [0, 0.1) is 6.92 Å². The van der Waals surface area contributed by atoms with Crippen LogP contribution in [0.25, 0.3) is 0 Å². The first-order valence-electron chi connectivity index (χ1n) is 6.11. The number of nitrogens with zero attached hydrogens (tertiary/aromatic N) is 2. The molecule has 0 bridgehead atoms. The van der Waals surface area contributed by atoms with E-state index in [2.05, 4.69) is 63.5 Å². The highest BCUT2D eigenvalue weighted by atomic mass is 79.9. The molecule has 6 heteroatoms. The van der Waals surface area contributed by atoms with Crippen LogP contribution in [0.3, 0.4) is 0 Å². The number of nitrogens with one attached hydrogen (secondary N) is 1. The van der Waals surface area contributed by atoms with Crippen LogP contribution in [0.15, 0.2) is 37.2 Å². The van der Waals surface area contributed by atoms with Gasteiger partial charge in [0.2, 0.25) is 5.89 Å². The molecule has 0 aliphatic carbocycles. The van der Waals surface area contributed by atoms with Gasteiger partial charge in [-0.05, 0) is 58.9 Å². The average Bonchev–Trinajstić information content (AvgIpc) is 2.78. The topological polar surface area (TPSA) is 51.0 Å². The molecule has 1 unspecified atom stereocenters. The number of aromatic nitrogens is 2. The highest BCUT2D eigenvalue weighted by Gasteiger charge is 2.11. The van der Waals surface area contributed by atoms with Crippen LogP contribution in [0.2, 0.25) is 0 Å². The second kappa shape index (κ2) is 6.54. The fraction of sp³-hybridized carbons (Fsp3) is 0.385. The number of aryl methyl sites for hydroxylation is 1. The summed E-state index contributed by atoms with van der Waals surface area (Å²) in [4.78, 5) is 1.07. The van der Waals surface area contributed by atoms with Crippen molar-refractivity contribution in [2.24, 2.45) is 0 Å². The van der Waals surface area contributed by atoms with Crippen molar-refractivity contribution >= 4 is 27.7 Å². The molecule has 0 spiro atoms. The Kier molecular flexibility index (Phi) is 5.01. The van der Waals surface area contributed by atoms with Crippen LogP contribution in [-0.2, 0) is 0 Å². The highest BCUT2D eigenvalue weighted by molar-refractivity contribution is 9.10. The van der Waals surface area contributed by atoms with Crippen molar-refractivity contribution in [3.63, 3.8) is 0 Å². The maximum atomic E-state index is 5.37. The van der Waals surface area contributed by atoms with Gasteiger partial charge in [-0.2, -0.15) is 0 Å². The van der Waals surface area contributed by atoms with Crippen molar-refractivity contribution in [2.45, 2.75) is 36.9 Å². The van der Waals surface area contributed by atoms with Gasteiger partial charge in [-0.3, -0.25) is 0 Å². The van der Waals surface area contributed by atoms with Crippen LogP contribution in [0.5, 0.6) is 0 Å². The molecule has 1 atom stereocenters. The van der Waals surface area contributed by atoms with Gasteiger partial charge in [-0.15, -0.1) is 10.2 Å². The van der Waals surface area contributed by atoms with Crippen molar-refractivity contribution in [2.75, 3.05) is 6.54 Å². The second-order valence-corrected chi connectivity index (χ2v) is 6.01. The number of halogens is 1. The summed E-state index contributed by atoms with van der Waals surface area (Å²) in [6, 6.07) is 6.64. The van der Waals surface area contributed by atoms with E-state index in [0.29, 0.717) is 17.2 Å². The Morgan fingerprint density at radius 3 is 2.79 bits per heavy atom. The molecular weight excluding hydrogens is 326 g/mol. The van der Waals surface area contributed by atoms with Crippen LogP contribution in [0.4, 0.5) is 0 Å². The largest absolute Gasteiger partial charge is 0.416 e. The van der Waals surface area contributed by atoms with Gasteiger partial charge in [0.05, 0.1) is 0 Å². The molecule has 1 N–H and O–H groups in total. The summed E-state index contributed by atoms with van der Waals surface area (Å²) >= 11 is 5.05. The Hall–Kier alpha value is -0.850. The molecule has 0 saturated heterocycles. The third kappa shape index (κ3) is 3.81. The van der Waals surface area contributed by atoms with Crippen molar-refractivity contribution in [1.29, 1.82) is 0 Å². The fourth-order valence-electron chi connectivity index (χ4n) is 1.71. The lowest BCUT2D eigenvalue weighted by Crippen LogP contribution is -2.17. The number of rotatable bonds is 5. The fourth-order valence-corrected chi connectivity index (χ4v) is 3.07. The SMILES string of the molecule is CCNC(C)c1ccc(Sc2nnc(C)o2)c(Br)c1. The van der Waals surface area contributed by atoms with Crippen molar-refractivity contribution in [3.8, 4) is 0 Å². The minimum absolute atomic E-state index is 0.339. The lowest BCUT2D eigenvalue weighted by atomic mass is 10.1. The molecule has 0 saturated carbocycles. The molecule has 1 aromatic heterocycles. The van der Waals surface area contributed by atoms with Crippen LogP contribution in [-0.4, -0.2) is 16.7 Å². The van der Waals surface area contributed by atoms with Crippen LogP contribution < -0.4 is 5.32 Å². The van der Waals surface area contributed by atoms with Gasteiger partial charge in [-0.1, -0.05) is 13.0 Å². The van der Waals surface area contributed by atoms with Crippen LogP contribution >= 0.6 is 27.7 Å². The monoisotopic (exact) mass is 341 g/mol. The normalized spacial score (nSPS) is 12.6. The lowest BCUT2D eigenvalue weighted by Gasteiger charge is -2.13. The summed E-state index contributed by atoms with van der Waals surface area (Å²) in [5.41, 5.74) is 1.25. The lowest BCUT2D eigenvalue weighted by molar-refractivity contribution is 0.429. The van der Waals surface area contributed by atoms with E-state index >= 15 is 0 Å². The zero-order valence-electron chi connectivity index (χ0n) is 11.1. The highest BCUT2D eigenvalue weighted by Crippen LogP contribution is 2.34. The van der Waals surface area contributed by atoms with Gasteiger partial charge in [-0.25, -0.2) is 0 Å². The quantitative estimate of drug-likeness (QED) is 0.891. The zero-order valence-corrected chi connectivity index (χ0v) is 13.5. The Labute approximate surface area is 125 Å². The Morgan fingerprint density at radius 1 is 1.42 bits per heavy atom. The van der Waals surface area contributed by atoms with Gasteiger partial charge in [0, 0.05) is 22.3 Å². The summed E-state index contributed by atoms with van der Waals surface area (Å²) in [6.07, 6.45) is 0. The van der Waals surface area contributed by atoms with E-state index in [4.69, 9.17) is 4.42 Å². The van der Waals surface area contributed by atoms with Crippen molar-refractivity contribution < 1.29 is 4.42 Å². The summed E-state index contributed by atoms with van der Waals surface area (Å²) in [6.45, 7) is 7.00. The number of hydrogen-bond donors (Lipinski definition) is 1. The van der Waals surface area contributed by atoms with Gasteiger partial charge in [0.25, 0.3) is 5.22 Å². The van der Waals surface area contributed by atoms with Crippen molar-refractivity contribution in [1.82, 2.24) is 15.5 Å². The molecule has 19 heavy (non-hydrogen) atoms. The molecule has 1 heterocycles. The molecular formula is C13H16BrN3OS. The van der Waals surface area contributed by atoms with E-state index in [-0.39, 0.29) is 0 Å². The third-order valence-corrected chi connectivity index (χ3v) is 4.51. The number of hydrogen-bond acceptors (Lipinski definition) is 5. The number of benzene rings is 1. The molecule has 0 amide bonds.